The highest BCUT2D eigenvalue weighted by atomic mass is 32.1. The number of carboxylic acid groups (broad SMARTS) is 1. The molecule has 1 heterocycles. The van der Waals surface area contributed by atoms with E-state index in [2.05, 4.69) is 5.32 Å². The number of nitrogens with one attached hydrogen (secondary N) is 1. The van der Waals surface area contributed by atoms with E-state index in [-0.39, 0.29) is 18.4 Å². The molecule has 1 aromatic rings. The van der Waals surface area contributed by atoms with Gasteiger partial charge < -0.3 is 10.4 Å². The van der Waals surface area contributed by atoms with Crippen molar-refractivity contribution >= 4 is 23.2 Å². The summed E-state index contributed by atoms with van der Waals surface area (Å²) < 4.78 is 0. The number of rotatable bonds is 4. The highest BCUT2D eigenvalue weighted by Gasteiger charge is 2.14. The highest BCUT2D eigenvalue weighted by molar-refractivity contribution is 7.12. The lowest BCUT2D eigenvalue weighted by Gasteiger charge is -2.10. The van der Waals surface area contributed by atoms with Crippen LogP contribution in [-0.4, -0.2) is 23.0 Å². The standard InChI is InChI=1S/C10H13NO3S/c1-6-3-4-15-9(6)10(14)11-7(2)5-8(12)13/h3-4,7H,5H2,1-2H3,(H,11,14)(H,12,13). The summed E-state index contributed by atoms with van der Waals surface area (Å²) in [5.41, 5.74) is 0.917. The summed E-state index contributed by atoms with van der Waals surface area (Å²) in [5.74, 6) is -1.11. The molecule has 1 unspecified atom stereocenters. The van der Waals surface area contributed by atoms with Gasteiger partial charge in [0.2, 0.25) is 0 Å². The van der Waals surface area contributed by atoms with Crippen LogP contribution in [0.5, 0.6) is 0 Å². The Morgan fingerprint density at radius 2 is 2.27 bits per heavy atom. The summed E-state index contributed by atoms with van der Waals surface area (Å²) >= 11 is 1.36. The molecule has 1 aromatic heterocycles. The second-order valence-corrected chi connectivity index (χ2v) is 4.32. The predicted molar refractivity (Wildman–Crippen MR) is 58.2 cm³/mol. The number of thiophene rings is 1. The normalized spacial score (nSPS) is 12.1. The molecule has 15 heavy (non-hydrogen) atoms. The fourth-order valence-electron chi connectivity index (χ4n) is 1.21. The molecule has 0 aliphatic rings. The van der Waals surface area contributed by atoms with Gasteiger partial charge in [-0.05, 0) is 30.9 Å². The van der Waals surface area contributed by atoms with Gasteiger partial charge in [-0.15, -0.1) is 11.3 Å². The number of aryl methyl sites for hydroxylation is 1. The van der Waals surface area contributed by atoms with E-state index < -0.39 is 5.97 Å². The number of amides is 1. The van der Waals surface area contributed by atoms with Crippen LogP contribution in [0.2, 0.25) is 0 Å². The Bertz CT molecular complexity index is 372. The van der Waals surface area contributed by atoms with Gasteiger partial charge in [-0.3, -0.25) is 9.59 Å². The SMILES string of the molecule is Cc1ccsc1C(=O)NC(C)CC(=O)O. The van der Waals surface area contributed by atoms with E-state index in [1.807, 2.05) is 18.4 Å². The van der Waals surface area contributed by atoms with E-state index in [1.165, 1.54) is 11.3 Å². The van der Waals surface area contributed by atoms with Crippen LogP contribution in [0.4, 0.5) is 0 Å². The van der Waals surface area contributed by atoms with Crippen LogP contribution in [0, 0.1) is 6.92 Å². The zero-order chi connectivity index (χ0) is 11.4. The molecule has 0 fully saturated rings. The van der Waals surface area contributed by atoms with Gasteiger partial charge in [0.1, 0.15) is 0 Å². The summed E-state index contributed by atoms with van der Waals surface area (Å²) in [6.07, 6.45) is -0.0594. The van der Waals surface area contributed by atoms with E-state index >= 15 is 0 Å². The first-order valence-corrected chi connectivity index (χ1v) is 5.45. The third-order valence-corrected chi connectivity index (χ3v) is 2.94. The number of hydrogen-bond donors (Lipinski definition) is 2. The smallest absolute Gasteiger partial charge is 0.305 e. The van der Waals surface area contributed by atoms with Crippen molar-refractivity contribution in [1.29, 1.82) is 0 Å². The monoisotopic (exact) mass is 227 g/mol. The quantitative estimate of drug-likeness (QED) is 0.822. The number of carbonyl (C=O) groups excluding carboxylic acids is 1. The maximum Gasteiger partial charge on any atom is 0.305 e. The third kappa shape index (κ3) is 3.36. The largest absolute Gasteiger partial charge is 0.481 e. The van der Waals surface area contributed by atoms with Gasteiger partial charge >= 0.3 is 5.97 Å². The Kier molecular flexibility index (Phi) is 3.85. The minimum absolute atomic E-state index is 0.0594. The van der Waals surface area contributed by atoms with Crippen molar-refractivity contribution in [1.82, 2.24) is 5.32 Å². The van der Waals surface area contributed by atoms with Crippen LogP contribution in [0.25, 0.3) is 0 Å². The van der Waals surface area contributed by atoms with E-state index in [4.69, 9.17) is 5.11 Å². The zero-order valence-electron chi connectivity index (χ0n) is 8.61. The summed E-state index contributed by atoms with van der Waals surface area (Å²) in [4.78, 5) is 22.7. The summed E-state index contributed by atoms with van der Waals surface area (Å²) in [6.45, 7) is 3.53. The minimum Gasteiger partial charge on any atom is -0.481 e. The Labute approximate surface area is 91.9 Å². The first-order valence-electron chi connectivity index (χ1n) is 4.57. The molecule has 1 amide bonds. The van der Waals surface area contributed by atoms with E-state index in [9.17, 15) is 9.59 Å². The van der Waals surface area contributed by atoms with Crippen LogP contribution in [0.3, 0.4) is 0 Å². The van der Waals surface area contributed by atoms with Crippen LogP contribution in [0.1, 0.15) is 28.6 Å². The molecule has 82 valence electrons. The summed E-state index contributed by atoms with van der Waals surface area (Å²) in [7, 11) is 0. The van der Waals surface area contributed by atoms with Gasteiger partial charge in [0.15, 0.2) is 0 Å². The fraction of sp³-hybridized carbons (Fsp3) is 0.400. The topological polar surface area (TPSA) is 66.4 Å². The number of hydrogen-bond acceptors (Lipinski definition) is 3. The Morgan fingerprint density at radius 3 is 2.73 bits per heavy atom. The zero-order valence-corrected chi connectivity index (χ0v) is 9.43. The lowest BCUT2D eigenvalue weighted by molar-refractivity contribution is -0.137. The molecule has 0 saturated heterocycles. The van der Waals surface area contributed by atoms with Crippen molar-refractivity contribution in [2.75, 3.05) is 0 Å². The van der Waals surface area contributed by atoms with Crippen molar-refractivity contribution in [2.24, 2.45) is 0 Å². The van der Waals surface area contributed by atoms with Gasteiger partial charge in [-0.1, -0.05) is 0 Å². The molecule has 0 aliphatic carbocycles. The molecule has 0 saturated carbocycles. The first kappa shape index (κ1) is 11.7. The average molecular weight is 227 g/mol. The second-order valence-electron chi connectivity index (χ2n) is 3.41. The number of carboxylic acids is 1. The Morgan fingerprint density at radius 1 is 1.60 bits per heavy atom. The highest BCUT2D eigenvalue weighted by Crippen LogP contribution is 2.15. The molecule has 5 heteroatoms. The van der Waals surface area contributed by atoms with Gasteiger partial charge in [-0.25, -0.2) is 0 Å². The molecule has 1 rings (SSSR count). The van der Waals surface area contributed by atoms with Crippen molar-refractivity contribution in [3.05, 3.63) is 21.9 Å². The maximum atomic E-state index is 11.6. The molecule has 0 radical (unpaired) electrons. The van der Waals surface area contributed by atoms with Crippen LogP contribution in [0.15, 0.2) is 11.4 Å². The molecule has 2 N–H and O–H groups in total. The lowest BCUT2D eigenvalue weighted by Crippen LogP contribution is -2.34. The van der Waals surface area contributed by atoms with Gasteiger partial charge in [-0.2, -0.15) is 0 Å². The number of carbonyl (C=O) groups is 2. The van der Waals surface area contributed by atoms with Crippen LogP contribution in [-0.2, 0) is 4.79 Å². The van der Waals surface area contributed by atoms with Crippen molar-refractivity contribution in [3.63, 3.8) is 0 Å². The van der Waals surface area contributed by atoms with Crippen molar-refractivity contribution in [2.45, 2.75) is 26.3 Å². The predicted octanol–water partition coefficient (Wildman–Crippen LogP) is 1.65. The number of aliphatic carboxylic acids is 1. The molecule has 4 nitrogen and oxygen atoms in total. The third-order valence-electron chi connectivity index (χ3n) is 1.93. The van der Waals surface area contributed by atoms with Crippen LogP contribution < -0.4 is 5.32 Å². The molecule has 0 aliphatic heterocycles. The first-order chi connectivity index (χ1) is 7.00. The molecule has 0 spiro atoms. The molecule has 1 atom stereocenters. The second kappa shape index (κ2) is 4.93. The van der Waals surface area contributed by atoms with Gasteiger partial charge in [0.05, 0.1) is 11.3 Å². The Hall–Kier alpha value is -1.36. The van der Waals surface area contributed by atoms with Crippen molar-refractivity contribution in [3.8, 4) is 0 Å². The van der Waals surface area contributed by atoms with Gasteiger partial charge in [0.25, 0.3) is 5.91 Å². The molecular weight excluding hydrogens is 214 g/mol. The molecule has 0 aromatic carbocycles. The van der Waals surface area contributed by atoms with Crippen LogP contribution >= 0.6 is 11.3 Å². The van der Waals surface area contributed by atoms with E-state index in [0.29, 0.717) is 4.88 Å². The van der Waals surface area contributed by atoms with Gasteiger partial charge in [0, 0.05) is 6.04 Å². The summed E-state index contributed by atoms with van der Waals surface area (Å²) in [5, 5.41) is 13.0. The Balaban J connectivity index is 2.56. The summed E-state index contributed by atoms with van der Waals surface area (Å²) in [6, 6.07) is 1.51. The fourth-order valence-corrected chi connectivity index (χ4v) is 2.04. The minimum atomic E-state index is -0.911. The molecule has 0 bridgehead atoms. The average Bonchev–Trinajstić information content (AvgIpc) is 2.49. The van der Waals surface area contributed by atoms with Crippen molar-refractivity contribution < 1.29 is 14.7 Å². The molecular formula is C10H13NO3S. The van der Waals surface area contributed by atoms with E-state index in [1.54, 1.807) is 6.92 Å². The lowest BCUT2D eigenvalue weighted by atomic mass is 10.2. The van der Waals surface area contributed by atoms with E-state index in [0.717, 1.165) is 5.56 Å². The maximum absolute atomic E-state index is 11.6.